The number of piperazine rings is 1. The molecule has 0 radical (unpaired) electrons. The summed E-state index contributed by atoms with van der Waals surface area (Å²) in [6, 6.07) is 22.7. The van der Waals surface area contributed by atoms with Crippen LogP contribution >= 0.6 is 11.8 Å². The monoisotopic (exact) mass is 459 g/mol. The molecule has 5 heteroatoms. The van der Waals surface area contributed by atoms with E-state index in [2.05, 4.69) is 72.9 Å². The number of carbonyl (C=O) groups excluding carboxylic acids is 1. The lowest BCUT2D eigenvalue weighted by atomic mass is 10.1. The minimum absolute atomic E-state index is 0.177. The maximum absolute atomic E-state index is 12.3. The SMILES string of the molecule is C[n+]1ccc(/C=C/c2ccc(N3CC[N+](C)(CCSC(=O)c4ccccc4)CC3)cc2)cc1. The van der Waals surface area contributed by atoms with Crippen LogP contribution in [0.25, 0.3) is 12.2 Å². The zero-order chi connectivity index (χ0) is 23.1. The van der Waals surface area contributed by atoms with Crippen LogP contribution in [-0.4, -0.2) is 55.1 Å². The van der Waals surface area contributed by atoms with Crippen LogP contribution in [0.1, 0.15) is 21.5 Å². The van der Waals surface area contributed by atoms with E-state index in [0.29, 0.717) is 0 Å². The van der Waals surface area contributed by atoms with Crippen molar-refractivity contribution >= 4 is 34.7 Å². The summed E-state index contributed by atoms with van der Waals surface area (Å²) in [6.07, 6.45) is 8.44. The maximum atomic E-state index is 12.3. The molecule has 170 valence electrons. The van der Waals surface area contributed by atoms with Crippen molar-refractivity contribution in [3.05, 3.63) is 95.8 Å². The summed E-state index contributed by atoms with van der Waals surface area (Å²) in [6.45, 7) is 5.33. The van der Waals surface area contributed by atoms with Crippen LogP contribution in [0.4, 0.5) is 5.69 Å². The first-order valence-corrected chi connectivity index (χ1v) is 12.5. The summed E-state index contributed by atoms with van der Waals surface area (Å²) in [7, 11) is 4.35. The molecule has 0 spiro atoms. The van der Waals surface area contributed by atoms with Gasteiger partial charge in [0.1, 0.15) is 7.05 Å². The molecule has 1 aromatic heterocycles. The van der Waals surface area contributed by atoms with Gasteiger partial charge in [-0.3, -0.25) is 4.79 Å². The van der Waals surface area contributed by atoms with Gasteiger partial charge in [-0.15, -0.1) is 0 Å². The Bertz CT molecular complexity index is 1070. The summed E-state index contributed by atoms with van der Waals surface area (Å²) >= 11 is 1.45. The minimum Gasteiger partial charge on any atom is -0.360 e. The van der Waals surface area contributed by atoms with E-state index in [9.17, 15) is 4.79 Å². The summed E-state index contributed by atoms with van der Waals surface area (Å²) in [5.41, 5.74) is 4.50. The second-order valence-electron chi connectivity index (χ2n) is 9.00. The van der Waals surface area contributed by atoms with Crippen LogP contribution in [0, 0.1) is 0 Å². The molecule has 0 amide bonds. The molecule has 4 nitrogen and oxygen atoms in total. The highest BCUT2D eigenvalue weighted by molar-refractivity contribution is 8.14. The molecule has 2 aromatic carbocycles. The number of hydrogen-bond donors (Lipinski definition) is 0. The number of anilines is 1. The quantitative estimate of drug-likeness (QED) is 0.383. The number of rotatable bonds is 7. The number of nitrogens with zero attached hydrogens (tertiary/aromatic N) is 3. The number of carbonyl (C=O) groups is 1. The molecule has 0 aliphatic carbocycles. The highest BCUT2D eigenvalue weighted by atomic mass is 32.2. The van der Waals surface area contributed by atoms with E-state index in [0.717, 1.165) is 48.5 Å². The van der Waals surface area contributed by atoms with Crippen molar-refractivity contribution in [1.82, 2.24) is 0 Å². The third kappa shape index (κ3) is 6.56. The van der Waals surface area contributed by atoms with Crippen LogP contribution in [-0.2, 0) is 7.05 Å². The molecule has 33 heavy (non-hydrogen) atoms. The lowest BCUT2D eigenvalue weighted by molar-refractivity contribution is -0.907. The van der Waals surface area contributed by atoms with Gasteiger partial charge >= 0.3 is 0 Å². The third-order valence-corrected chi connectivity index (χ3v) is 7.31. The minimum atomic E-state index is 0.177. The van der Waals surface area contributed by atoms with E-state index in [1.165, 1.54) is 28.6 Å². The fraction of sp³-hybridized carbons (Fsp3) is 0.286. The average molecular weight is 460 g/mol. The molecule has 0 atom stereocenters. The number of thioether (sulfide) groups is 1. The first kappa shape index (κ1) is 23.3. The molecule has 1 saturated heterocycles. The molecule has 4 rings (SSSR count). The topological polar surface area (TPSA) is 24.2 Å². The summed E-state index contributed by atoms with van der Waals surface area (Å²) in [5.74, 6) is 0.866. The van der Waals surface area contributed by atoms with E-state index in [1.807, 2.05) is 41.9 Å². The largest absolute Gasteiger partial charge is 0.360 e. The molecular weight excluding hydrogens is 426 g/mol. The highest BCUT2D eigenvalue weighted by Crippen LogP contribution is 2.21. The number of pyridine rings is 1. The third-order valence-electron chi connectivity index (χ3n) is 6.42. The molecular formula is C28H33N3OS+2. The number of aromatic nitrogens is 1. The van der Waals surface area contributed by atoms with E-state index in [4.69, 9.17) is 0 Å². The van der Waals surface area contributed by atoms with Crippen molar-refractivity contribution in [2.45, 2.75) is 0 Å². The Kier molecular flexibility index (Phi) is 7.63. The lowest BCUT2D eigenvalue weighted by Crippen LogP contribution is -2.58. The molecule has 2 heterocycles. The normalized spacial score (nSPS) is 15.6. The van der Waals surface area contributed by atoms with Crippen LogP contribution < -0.4 is 9.47 Å². The second kappa shape index (κ2) is 10.8. The van der Waals surface area contributed by atoms with Crippen LogP contribution in [0.2, 0.25) is 0 Å². The van der Waals surface area contributed by atoms with Gasteiger partial charge in [-0.25, -0.2) is 4.57 Å². The van der Waals surface area contributed by atoms with E-state index in [-0.39, 0.29) is 5.12 Å². The molecule has 1 aliphatic heterocycles. The number of quaternary nitrogens is 1. The predicted octanol–water partition coefficient (Wildman–Crippen LogP) is 4.52. The van der Waals surface area contributed by atoms with Crippen molar-refractivity contribution in [3.63, 3.8) is 0 Å². The summed E-state index contributed by atoms with van der Waals surface area (Å²) in [5, 5.41) is 0.177. The number of benzene rings is 2. The Morgan fingerprint density at radius 1 is 0.939 bits per heavy atom. The zero-order valence-electron chi connectivity index (χ0n) is 19.6. The molecule has 1 fully saturated rings. The Morgan fingerprint density at radius 3 is 2.18 bits per heavy atom. The Hall–Kier alpha value is -2.89. The molecule has 0 N–H and O–H groups in total. The van der Waals surface area contributed by atoms with Gasteiger partial charge in [-0.1, -0.05) is 66.4 Å². The van der Waals surface area contributed by atoms with Crippen molar-refractivity contribution in [3.8, 4) is 0 Å². The molecule has 0 bridgehead atoms. The Balaban J connectivity index is 1.25. The van der Waals surface area contributed by atoms with Crippen LogP contribution in [0.15, 0.2) is 79.1 Å². The number of hydrogen-bond acceptors (Lipinski definition) is 3. The van der Waals surface area contributed by atoms with Crippen molar-refractivity contribution in [2.24, 2.45) is 7.05 Å². The maximum Gasteiger partial charge on any atom is 0.219 e. The van der Waals surface area contributed by atoms with Crippen molar-refractivity contribution in [2.75, 3.05) is 50.4 Å². The van der Waals surface area contributed by atoms with E-state index < -0.39 is 0 Å². The van der Waals surface area contributed by atoms with Gasteiger partial charge in [0.05, 0.1) is 45.5 Å². The molecule has 0 unspecified atom stereocenters. The fourth-order valence-electron chi connectivity index (χ4n) is 4.06. The van der Waals surface area contributed by atoms with Gasteiger partial charge in [0.2, 0.25) is 5.12 Å². The van der Waals surface area contributed by atoms with E-state index >= 15 is 0 Å². The fourth-order valence-corrected chi connectivity index (χ4v) is 5.08. The van der Waals surface area contributed by atoms with Gasteiger partial charge in [0.25, 0.3) is 0 Å². The Labute approximate surface area is 201 Å². The number of likely N-dealkylation sites (N-methyl/N-ethyl adjacent to an activating group) is 1. The van der Waals surface area contributed by atoms with E-state index in [1.54, 1.807) is 0 Å². The van der Waals surface area contributed by atoms with Gasteiger partial charge in [-0.2, -0.15) is 0 Å². The van der Waals surface area contributed by atoms with Crippen molar-refractivity contribution in [1.29, 1.82) is 0 Å². The van der Waals surface area contributed by atoms with Crippen LogP contribution in [0.3, 0.4) is 0 Å². The molecule has 0 saturated carbocycles. The summed E-state index contributed by atoms with van der Waals surface area (Å²) in [4.78, 5) is 14.8. The average Bonchev–Trinajstić information content (AvgIpc) is 2.85. The molecule has 1 aliphatic rings. The smallest absolute Gasteiger partial charge is 0.219 e. The molecule has 3 aromatic rings. The van der Waals surface area contributed by atoms with Gasteiger partial charge < -0.3 is 9.38 Å². The zero-order valence-corrected chi connectivity index (χ0v) is 20.4. The second-order valence-corrected chi connectivity index (χ2v) is 10.1. The Morgan fingerprint density at radius 2 is 1.55 bits per heavy atom. The first-order chi connectivity index (χ1) is 16.0. The highest BCUT2D eigenvalue weighted by Gasteiger charge is 2.28. The standard InChI is InChI=1S/C28H33N3OS/c1-29-16-14-25(15-17-29)9-8-24-10-12-27(13-11-24)30-18-20-31(2,21-19-30)22-23-33-28(32)26-6-4-3-5-7-26/h3-17H,18-23H2,1-2H3/q+2. The summed E-state index contributed by atoms with van der Waals surface area (Å²) < 4.78 is 3.07. The van der Waals surface area contributed by atoms with Crippen molar-refractivity contribution < 1.29 is 13.8 Å². The predicted molar refractivity (Wildman–Crippen MR) is 139 cm³/mol. The van der Waals surface area contributed by atoms with Gasteiger partial charge in [0, 0.05) is 23.4 Å². The number of aryl methyl sites for hydroxylation is 1. The lowest BCUT2D eigenvalue weighted by Gasteiger charge is -2.42. The first-order valence-electron chi connectivity index (χ1n) is 11.5. The van der Waals surface area contributed by atoms with Crippen LogP contribution in [0.5, 0.6) is 0 Å². The van der Waals surface area contributed by atoms with Gasteiger partial charge in [-0.05, 0) is 23.3 Å². The van der Waals surface area contributed by atoms with Gasteiger partial charge in [0.15, 0.2) is 12.4 Å².